The molecule has 17 heavy (non-hydrogen) atoms. The minimum Gasteiger partial charge on any atom is -0.201 e. The molecule has 0 saturated carbocycles. The van der Waals surface area contributed by atoms with Crippen molar-refractivity contribution in [2.75, 3.05) is 0 Å². The van der Waals surface area contributed by atoms with Gasteiger partial charge in [-0.15, -0.1) is 18.1 Å². The van der Waals surface area contributed by atoms with E-state index in [2.05, 4.69) is 18.1 Å². The molecule has 0 aliphatic heterocycles. The van der Waals surface area contributed by atoms with E-state index in [1.165, 1.54) is 0 Å². The molecular weight excluding hydrogens is 276 g/mol. The standard InChI is InChI=1S/H4N4O12Si/c5-1(6)13-17(14-2(7)8,15-3(9)10)16-4(11)12/h(H,5,6)(H,7,8)(H,9,10)(H,11,12)/q+4. The zero-order valence-electron chi connectivity index (χ0n) is 7.34. The molecule has 0 atom stereocenters. The summed E-state index contributed by atoms with van der Waals surface area (Å²) in [5.74, 6) is 0. The van der Waals surface area contributed by atoms with E-state index in [-0.39, 0.29) is 0 Å². The second-order valence-electron chi connectivity index (χ2n) is 1.82. The normalized spacial score (nSPS) is 9.88. The molecule has 0 rings (SSSR count). The Balaban J connectivity index is 5.16. The molecule has 0 aromatic heterocycles. The van der Waals surface area contributed by atoms with Gasteiger partial charge in [0, 0.05) is 0 Å². The van der Waals surface area contributed by atoms with Crippen molar-refractivity contribution in [3.05, 3.63) is 19.6 Å². The minimum atomic E-state index is -5.59. The Kier molecular flexibility index (Phi) is 4.29. The molecule has 96 valence electrons. The van der Waals surface area contributed by atoms with Crippen LogP contribution in [0.4, 0.5) is 0 Å². The predicted molar refractivity (Wildman–Crippen MR) is 31.7 cm³/mol. The van der Waals surface area contributed by atoms with Crippen LogP contribution in [0.25, 0.3) is 0 Å². The molecule has 0 aliphatic carbocycles. The number of rotatable bonds is 8. The SMILES string of the molecule is O=[N+](O)O[Si](O[N+](=O)O)(O[N+](=O)O)O[N+](=O)O. The van der Waals surface area contributed by atoms with Crippen molar-refractivity contribution in [1.29, 1.82) is 0 Å². The molecule has 0 amide bonds. The van der Waals surface area contributed by atoms with Crippen LogP contribution in [0.15, 0.2) is 0 Å². The molecular formula is H4N4O12Si+4. The van der Waals surface area contributed by atoms with Gasteiger partial charge in [-0.3, -0.25) is 0 Å². The summed E-state index contributed by atoms with van der Waals surface area (Å²) in [5.41, 5.74) is 0. The number of nitrogens with zero attached hydrogens (tertiary/aromatic N) is 4. The Morgan fingerprint density at radius 3 is 0.882 bits per heavy atom. The highest BCUT2D eigenvalue weighted by Crippen LogP contribution is 2.11. The van der Waals surface area contributed by atoms with Gasteiger partial charge in [0.05, 0.1) is 0 Å². The van der Waals surface area contributed by atoms with Gasteiger partial charge in [0.1, 0.15) is 19.6 Å². The Labute approximate surface area is 89.1 Å². The third-order valence-electron chi connectivity index (χ3n) is 0.760. The average Bonchev–Trinajstić information content (AvgIpc) is 1.95. The molecule has 16 nitrogen and oxygen atoms in total. The van der Waals surface area contributed by atoms with E-state index in [9.17, 15) is 19.6 Å². The van der Waals surface area contributed by atoms with Crippen LogP contribution in [-0.4, -0.2) is 50.2 Å². The molecule has 0 aromatic rings. The molecule has 0 heterocycles. The lowest BCUT2D eigenvalue weighted by Crippen LogP contribution is -2.55. The molecule has 0 spiro atoms. The first-order valence-electron chi connectivity index (χ1n) is 3.08. The first-order valence-corrected chi connectivity index (χ1v) is 4.71. The highest BCUT2D eigenvalue weighted by Gasteiger charge is 2.86. The fraction of sp³-hybridized carbons (Fsp3) is 0. The van der Waals surface area contributed by atoms with Crippen LogP contribution in [0.5, 0.6) is 0 Å². The maximum absolute atomic E-state index is 10.0. The molecule has 0 fully saturated rings. The van der Waals surface area contributed by atoms with Crippen LogP contribution in [0.3, 0.4) is 0 Å². The van der Waals surface area contributed by atoms with Crippen molar-refractivity contribution in [2.24, 2.45) is 0 Å². The summed E-state index contributed by atoms with van der Waals surface area (Å²) in [4.78, 5) is 40.2. The van der Waals surface area contributed by atoms with E-state index < -0.39 is 29.4 Å². The van der Waals surface area contributed by atoms with E-state index in [1.807, 2.05) is 0 Å². The van der Waals surface area contributed by atoms with Gasteiger partial charge in [0.15, 0.2) is 0 Å². The van der Waals surface area contributed by atoms with Crippen molar-refractivity contribution >= 4 is 9.05 Å². The predicted octanol–water partition coefficient (Wildman–Crippen LogP) is -2.18. The largest absolute Gasteiger partial charge is 1.21 e. The summed E-state index contributed by atoms with van der Waals surface area (Å²) < 4.78 is 13.9. The summed E-state index contributed by atoms with van der Waals surface area (Å²) in [6, 6.07) is 0. The van der Waals surface area contributed by atoms with Crippen molar-refractivity contribution < 1.29 is 59.3 Å². The van der Waals surface area contributed by atoms with Crippen molar-refractivity contribution in [2.45, 2.75) is 0 Å². The fourth-order valence-electron chi connectivity index (χ4n) is 0.483. The average molecular weight is 280 g/mol. The summed E-state index contributed by atoms with van der Waals surface area (Å²) in [6.45, 7) is 0. The molecule has 17 heteroatoms. The van der Waals surface area contributed by atoms with Gasteiger partial charge in [0.25, 0.3) is 0 Å². The van der Waals surface area contributed by atoms with E-state index in [0.717, 1.165) is 0 Å². The molecule has 0 saturated heterocycles. The van der Waals surface area contributed by atoms with Gasteiger partial charge in [-0.25, -0.2) is 20.8 Å². The maximum Gasteiger partial charge on any atom is 1.21 e. The highest BCUT2D eigenvalue weighted by atomic mass is 28.4. The van der Waals surface area contributed by atoms with Crippen LogP contribution in [-0.2, 0) is 18.1 Å². The number of hydrogen-bond acceptors (Lipinski definition) is 8. The van der Waals surface area contributed by atoms with Gasteiger partial charge >= 0.3 is 29.4 Å². The monoisotopic (exact) mass is 280 g/mol. The zero-order chi connectivity index (χ0) is 13.6. The molecule has 0 radical (unpaired) electrons. The maximum atomic E-state index is 10.0. The molecule has 0 aromatic carbocycles. The Hall–Kier alpha value is -2.98. The van der Waals surface area contributed by atoms with E-state index in [1.54, 1.807) is 0 Å². The Morgan fingerprint density at radius 2 is 0.765 bits per heavy atom. The second-order valence-corrected chi connectivity index (χ2v) is 3.55. The minimum absolute atomic E-state index is 1.51. The van der Waals surface area contributed by atoms with E-state index in [0.29, 0.717) is 0 Å². The van der Waals surface area contributed by atoms with Crippen molar-refractivity contribution in [3.8, 4) is 0 Å². The fourth-order valence-corrected chi connectivity index (χ4v) is 1.45. The van der Waals surface area contributed by atoms with Gasteiger partial charge < -0.3 is 0 Å². The summed E-state index contributed by atoms with van der Waals surface area (Å²) >= 11 is 0. The zero-order valence-corrected chi connectivity index (χ0v) is 8.34. The van der Waals surface area contributed by atoms with Crippen LogP contribution in [0.2, 0.25) is 0 Å². The summed E-state index contributed by atoms with van der Waals surface area (Å²) in [7, 11) is -5.59. The summed E-state index contributed by atoms with van der Waals surface area (Å²) in [5, 5.41) is 26.2. The van der Waals surface area contributed by atoms with E-state index in [4.69, 9.17) is 20.8 Å². The number of hydrogen-bond donors (Lipinski definition) is 4. The van der Waals surface area contributed by atoms with E-state index >= 15 is 0 Å². The quantitative estimate of drug-likeness (QED) is 0.277. The second kappa shape index (κ2) is 5.20. The van der Waals surface area contributed by atoms with Crippen molar-refractivity contribution in [1.82, 2.24) is 0 Å². The lowest BCUT2D eigenvalue weighted by atomic mass is 13.1. The van der Waals surface area contributed by atoms with Crippen LogP contribution in [0.1, 0.15) is 0 Å². The smallest absolute Gasteiger partial charge is 0.201 e. The third-order valence-corrected chi connectivity index (χ3v) is 2.28. The summed E-state index contributed by atoms with van der Waals surface area (Å²) in [6.07, 6.45) is 0. The molecule has 0 bridgehead atoms. The first-order chi connectivity index (χ1) is 7.67. The Morgan fingerprint density at radius 1 is 0.588 bits per heavy atom. The molecule has 4 N–H and O–H groups in total. The lowest BCUT2D eigenvalue weighted by molar-refractivity contribution is -1.04. The van der Waals surface area contributed by atoms with Crippen LogP contribution >= 0.6 is 0 Å². The third kappa shape index (κ3) is 5.46. The van der Waals surface area contributed by atoms with Crippen molar-refractivity contribution in [3.63, 3.8) is 0 Å². The van der Waals surface area contributed by atoms with Gasteiger partial charge in [-0.05, 0) is 0 Å². The van der Waals surface area contributed by atoms with Crippen LogP contribution in [0, 0.1) is 19.6 Å². The molecule has 0 unspecified atom stereocenters. The van der Waals surface area contributed by atoms with Gasteiger partial charge in [-0.1, -0.05) is 0 Å². The topological polar surface area (TPSA) is 198 Å². The van der Waals surface area contributed by atoms with Gasteiger partial charge in [-0.2, -0.15) is 0 Å². The lowest BCUT2D eigenvalue weighted by Gasteiger charge is -1.97. The molecule has 0 aliphatic rings. The highest BCUT2D eigenvalue weighted by molar-refractivity contribution is 6.52. The first kappa shape index (κ1) is 14.0. The van der Waals surface area contributed by atoms with Gasteiger partial charge in [0.2, 0.25) is 0 Å². The Bertz CT molecular complexity index is 277. The van der Waals surface area contributed by atoms with Crippen LogP contribution < -0.4 is 0 Å².